The molecule has 1 heteroatoms. The molecule has 1 aromatic carbocycles. The minimum absolute atomic E-state index is 0.221. The maximum absolute atomic E-state index is 10.8. The van der Waals surface area contributed by atoms with E-state index in [1.54, 1.807) is 0 Å². The summed E-state index contributed by atoms with van der Waals surface area (Å²) in [6, 6.07) is 8.54. The molecule has 0 amide bonds. The van der Waals surface area contributed by atoms with Crippen LogP contribution in [-0.2, 0) is 6.42 Å². The van der Waals surface area contributed by atoms with Crippen molar-refractivity contribution in [2.24, 2.45) is 11.8 Å². The van der Waals surface area contributed by atoms with Gasteiger partial charge in [-0.15, -0.1) is 0 Å². The first kappa shape index (κ1) is 13.2. The van der Waals surface area contributed by atoms with Crippen molar-refractivity contribution in [1.29, 1.82) is 0 Å². The fourth-order valence-electron chi connectivity index (χ4n) is 4.20. The maximum atomic E-state index is 10.8. The molecule has 2 aliphatic carbocycles. The Balaban J connectivity index is 1.82. The third-order valence-electron chi connectivity index (χ3n) is 5.27. The van der Waals surface area contributed by atoms with Gasteiger partial charge in [0, 0.05) is 0 Å². The second kappa shape index (κ2) is 6.09. The van der Waals surface area contributed by atoms with E-state index in [1.165, 1.54) is 62.5 Å². The summed E-state index contributed by atoms with van der Waals surface area (Å²) >= 11 is 0. The molecule has 0 bridgehead atoms. The molecule has 0 aromatic heterocycles. The quantitative estimate of drug-likeness (QED) is 0.574. The lowest BCUT2D eigenvalue weighted by Crippen LogP contribution is -2.21. The smallest absolute Gasteiger partial charge is 0.0823 e. The minimum Gasteiger partial charge on any atom is -0.388 e. The number of fused-ring (bicyclic) bond motifs is 1. The Labute approximate surface area is 117 Å². The predicted octanol–water partition coefficient (Wildman–Crippen LogP) is 4.64. The summed E-state index contributed by atoms with van der Waals surface area (Å²) in [5.41, 5.74) is 2.60. The van der Waals surface area contributed by atoms with E-state index in [2.05, 4.69) is 24.3 Å². The number of hydrogen-bond acceptors (Lipinski definition) is 1. The molecule has 19 heavy (non-hydrogen) atoms. The molecule has 104 valence electrons. The molecule has 1 nitrogen and oxygen atoms in total. The van der Waals surface area contributed by atoms with E-state index in [9.17, 15) is 5.11 Å². The molecule has 1 N–H and O–H groups in total. The monoisotopic (exact) mass is 258 g/mol. The largest absolute Gasteiger partial charge is 0.388 e. The van der Waals surface area contributed by atoms with E-state index in [-0.39, 0.29) is 6.10 Å². The van der Waals surface area contributed by atoms with E-state index in [1.807, 2.05) is 0 Å². The Morgan fingerprint density at radius 3 is 2.37 bits per heavy atom. The molecule has 1 saturated carbocycles. The first-order valence-corrected chi connectivity index (χ1v) is 8.12. The van der Waals surface area contributed by atoms with Gasteiger partial charge in [0.2, 0.25) is 0 Å². The van der Waals surface area contributed by atoms with Crippen LogP contribution in [0.1, 0.15) is 68.6 Å². The number of hydrogen-bond donors (Lipinski definition) is 1. The summed E-state index contributed by atoms with van der Waals surface area (Å²) in [5.74, 6) is 1.26. The van der Waals surface area contributed by atoms with Gasteiger partial charge in [0.25, 0.3) is 0 Å². The van der Waals surface area contributed by atoms with Crippen LogP contribution in [0.2, 0.25) is 0 Å². The van der Waals surface area contributed by atoms with Crippen molar-refractivity contribution in [3.05, 3.63) is 35.4 Å². The number of rotatable bonds is 1. The van der Waals surface area contributed by atoms with E-state index in [0.717, 1.165) is 12.3 Å². The third-order valence-corrected chi connectivity index (χ3v) is 5.27. The van der Waals surface area contributed by atoms with Crippen LogP contribution >= 0.6 is 0 Å². The van der Waals surface area contributed by atoms with Crippen LogP contribution in [0.25, 0.3) is 0 Å². The number of aryl methyl sites for hydroxylation is 1. The standard InChI is InChI=1S/C18H26O/c19-18-16-12-6-5-10-15(16)11-7-13-17(18)14-8-3-1-2-4-9-14/h5-6,10,12,14,17-19H,1-4,7-9,11,13H2. The molecule has 0 saturated heterocycles. The molecular formula is C18H26O. The number of aliphatic hydroxyl groups is 1. The minimum atomic E-state index is -0.221. The van der Waals surface area contributed by atoms with Crippen molar-refractivity contribution in [3.8, 4) is 0 Å². The fourth-order valence-corrected chi connectivity index (χ4v) is 4.20. The van der Waals surface area contributed by atoms with Gasteiger partial charge in [0.05, 0.1) is 6.10 Å². The van der Waals surface area contributed by atoms with Crippen LogP contribution in [0, 0.1) is 11.8 Å². The van der Waals surface area contributed by atoms with Crippen LogP contribution < -0.4 is 0 Å². The Hall–Kier alpha value is -0.820. The summed E-state index contributed by atoms with van der Waals surface area (Å²) in [6.07, 6.45) is 11.6. The van der Waals surface area contributed by atoms with Gasteiger partial charge in [-0.3, -0.25) is 0 Å². The molecule has 1 aromatic rings. The van der Waals surface area contributed by atoms with Crippen LogP contribution in [0.5, 0.6) is 0 Å². The molecule has 0 aliphatic heterocycles. The zero-order valence-corrected chi connectivity index (χ0v) is 11.9. The van der Waals surface area contributed by atoms with Crippen molar-refractivity contribution in [1.82, 2.24) is 0 Å². The van der Waals surface area contributed by atoms with Gasteiger partial charge in [-0.1, -0.05) is 62.8 Å². The molecule has 0 spiro atoms. The summed E-state index contributed by atoms with van der Waals surface area (Å²) in [6.45, 7) is 0. The highest BCUT2D eigenvalue weighted by Gasteiger charge is 2.32. The van der Waals surface area contributed by atoms with Gasteiger partial charge in [0.1, 0.15) is 0 Å². The zero-order valence-electron chi connectivity index (χ0n) is 11.9. The predicted molar refractivity (Wildman–Crippen MR) is 79.0 cm³/mol. The van der Waals surface area contributed by atoms with Gasteiger partial charge >= 0.3 is 0 Å². The van der Waals surface area contributed by atoms with Crippen molar-refractivity contribution < 1.29 is 5.11 Å². The second-order valence-electron chi connectivity index (χ2n) is 6.45. The van der Waals surface area contributed by atoms with Gasteiger partial charge in [-0.05, 0) is 42.2 Å². The van der Waals surface area contributed by atoms with E-state index < -0.39 is 0 Å². The Morgan fingerprint density at radius 2 is 1.58 bits per heavy atom. The zero-order chi connectivity index (χ0) is 13.1. The highest BCUT2D eigenvalue weighted by Crippen LogP contribution is 2.42. The topological polar surface area (TPSA) is 20.2 Å². The lowest BCUT2D eigenvalue weighted by Gasteiger charge is -2.29. The first-order chi connectivity index (χ1) is 9.36. The summed E-state index contributed by atoms with van der Waals surface area (Å²) in [7, 11) is 0. The Bertz CT molecular complexity index is 404. The molecule has 2 unspecified atom stereocenters. The van der Waals surface area contributed by atoms with Gasteiger partial charge < -0.3 is 5.11 Å². The van der Waals surface area contributed by atoms with Crippen LogP contribution in [0.4, 0.5) is 0 Å². The fraction of sp³-hybridized carbons (Fsp3) is 0.667. The van der Waals surface area contributed by atoms with Crippen molar-refractivity contribution >= 4 is 0 Å². The normalized spacial score (nSPS) is 29.3. The van der Waals surface area contributed by atoms with Crippen LogP contribution in [0.15, 0.2) is 24.3 Å². The van der Waals surface area contributed by atoms with Gasteiger partial charge in [0.15, 0.2) is 0 Å². The highest BCUT2D eigenvalue weighted by molar-refractivity contribution is 5.30. The molecule has 2 atom stereocenters. The SMILES string of the molecule is OC1c2ccccc2CCCC1C1CCCCCC1. The third kappa shape index (κ3) is 2.86. The number of benzene rings is 1. The summed E-state index contributed by atoms with van der Waals surface area (Å²) in [4.78, 5) is 0. The van der Waals surface area contributed by atoms with Crippen LogP contribution in [-0.4, -0.2) is 5.11 Å². The summed E-state index contributed by atoms with van der Waals surface area (Å²) in [5, 5.41) is 10.8. The van der Waals surface area contributed by atoms with Crippen molar-refractivity contribution in [2.45, 2.75) is 63.9 Å². The Kier molecular flexibility index (Phi) is 4.22. The van der Waals surface area contributed by atoms with E-state index in [0.29, 0.717) is 5.92 Å². The van der Waals surface area contributed by atoms with Crippen LogP contribution in [0.3, 0.4) is 0 Å². The molecule has 0 radical (unpaired) electrons. The maximum Gasteiger partial charge on any atom is 0.0823 e. The average molecular weight is 258 g/mol. The van der Waals surface area contributed by atoms with Crippen molar-refractivity contribution in [3.63, 3.8) is 0 Å². The molecule has 0 heterocycles. The number of aliphatic hydroxyl groups excluding tert-OH is 1. The van der Waals surface area contributed by atoms with Crippen molar-refractivity contribution in [2.75, 3.05) is 0 Å². The van der Waals surface area contributed by atoms with Gasteiger partial charge in [-0.25, -0.2) is 0 Å². The lowest BCUT2D eigenvalue weighted by atomic mass is 9.78. The molecule has 1 fully saturated rings. The average Bonchev–Trinajstić information content (AvgIpc) is 2.79. The van der Waals surface area contributed by atoms with E-state index >= 15 is 0 Å². The van der Waals surface area contributed by atoms with E-state index in [4.69, 9.17) is 0 Å². The summed E-state index contributed by atoms with van der Waals surface area (Å²) < 4.78 is 0. The Morgan fingerprint density at radius 1 is 0.842 bits per heavy atom. The second-order valence-corrected chi connectivity index (χ2v) is 6.45. The highest BCUT2D eigenvalue weighted by atomic mass is 16.3. The lowest BCUT2D eigenvalue weighted by molar-refractivity contribution is 0.0621. The molecular weight excluding hydrogens is 232 g/mol. The molecule has 2 aliphatic rings. The van der Waals surface area contributed by atoms with Gasteiger partial charge in [-0.2, -0.15) is 0 Å². The first-order valence-electron chi connectivity index (χ1n) is 8.12. The molecule has 3 rings (SSSR count).